The fraction of sp³-hybridized carbons (Fsp3) is 0.241. The zero-order chi connectivity index (χ0) is 29.9. The lowest BCUT2D eigenvalue weighted by molar-refractivity contribution is -0.137. The SMILES string of the molecule is COc1nc(N(C)C2CCCc3ccncc32)c2cc(C(F)(F)F)c(-c3ccc(F)c4sc(N)c(C#N)c34)c(F)c2n1. The van der Waals surface area contributed by atoms with E-state index in [0.717, 1.165) is 42.2 Å². The first-order valence-corrected chi connectivity index (χ1v) is 13.6. The van der Waals surface area contributed by atoms with E-state index in [2.05, 4.69) is 15.0 Å². The number of thiophene rings is 1. The minimum absolute atomic E-state index is 0.0382. The molecule has 6 rings (SSSR count). The van der Waals surface area contributed by atoms with E-state index in [4.69, 9.17) is 10.5 Å². The summed E-state index contributed by atoms with van der Waals surface area (Å²) in [6.07, 6.45) is 0.674. The molecular weight excluding hydrogens is 575 g/mol. The molecule has 0 saturated heterocycles. The molecule has 2 aromatic carbocycles. The quantitative estimate of drug-likeness (QED) is 0.219. The van der Waals surface area contributed by atoms with Crippen molar-refractivity contribution in [2.75, 3.05) is 24.8 Å². The van der Waals surface area contributed by atoms with Crippen molar-refractivity contribution in [1.29, 1.82) is 5.26 Å². The van der Waals surface area contributed by atoms with Crippen LogP contribution in [-0.2, 0) is 12.6 Å². The average Bonchev–Trinajstić information content (AvgIpc) is 3.32. The van der Waals surface area contributed by atoms with Gasteiger partial charge in [0, 0.05) is 35.8 Å². The van der Waals surface area contributed by atoms with Gasteiger partial charge in [-0.15, -0.1) is 11.3 Å². The third-order valence-corrected chi connectivity index (χ3v) is 8.64. The van der Waals surface area contributed by atoms with Gasteiger partial charge in [-0.05, 0) is 54.2 Å². The molecule has 1 atom stereocenters. The van der Waals surface area contributed by atoms with E-state index in [1.807, 2.05) is 12.1 Å². The lowest BCUT2D eigenvalue weighted by Gasteiger charge is -2.34. The highest BCUT2D eigenvalue weighted by Crippen LogP contribution is 2.48. The molecule has 5 aromatic rings. The third-order valence-electron chi connectivity index (χ3n) is 7.61. The van der Waals surface area contributed by atoms with Crippen LogP contribution in [0, 0.1) is 23.0 Å². The number of pyridine rings is 1. The number of alkyl halides is 3. The predicted molar refractivity (Wildman–Crippen MR) is 149 cm³/mol. The molecule has 7 nitrogen and oxygen atoms in total. The van der Waals surface area contributed by atoms with E-state index in [9.17, 15) is 22.8 Å². The molecule has 42 heavy (non-hydrogen) atoms. The molecular formula is C29H21F5N6OS. The van der Waals surface area contributed by atoms with Gasteiger partial charge in [0.05, 0.1) is 29.0 Å². The monoisotopic (exact) mass is 596 g/mol. The summed E-state index contributed by atoms with van der Waals surface area (Å²) in [5.74, 6) is -2.07. The minimum Gasteiger partial charge on any atom is -0.467 e. The Morgan fingerprint density at radius 1 is 1.19 bits per heavy atom. The molecule has 0 radical (unpaired) electrons. The molecule has 214 valence electrons. The van der Waals surface area contributed by atoms with Crippen LogP contribution in [0.2, 0.25) is 0 Å². The van der Waals surface area contributed by atoms with Gasteiger partial charge < -0.3 is 15.4 Å². The van der Waals surface area contributed by atoms with E-state index in [-0.39, 0.29) is 49.5 Å². The predicted octanol–water partition coefficient (Wildman–Crippen LogP) is 7.18. The Hall–Kier alpha value is -4.57. The number of benzene rings is 2. The van der Waals surface area contributed by atoms with Crippen LogP contribution in [0.5, 0.6) is 6.01 Å². The van der Waals surface area contributed by atoms with Gasteiger partial charge in [0.2, 0.25) is 0 Å². The number of aryl methyl sites for hydroxylation is 1. The number of rotatable bonds is 4. The highest BCUT2D eigenvalue weighted by Gasteiger charge is 2.39. The van der Waals surface area contributed by atoms with Crippen molar-refractivity contribution in [3.63, 3.8) is 0 Å². The summed E-state index contributed by atoms with van der Waals surface area (Å²) < 4.78 is 80.5. The average molecular weight is 597 g/mol. The zero-order valence-electron chi connectivity index (χ0n) is 22.2. The van der Waals surface area contributed by atoms with Crippen LogP contribution in [-0.4, -0.2) is 29.1 Å². The maximum atomic E-state index is 16.6. The van der Waals surface area contributed by atoms with Gasteiger partial charge in [-0.1, -0.05) is 6.07 Å². The minimum atomic E-state index is -5.05. The van der Waals surface area contributed by atoms with Gasteiger partial charge in [0.1, 0.15) is 28.2 Å². The Balaban J connectivity index is 1.68. The summed E-state index contributed by atoms with van der Waals surface area (Å²) in [6, 6.07) is 5.90. The van der Waals surface area contributed by atoms with E-state index >= 15 is 4.39 Å². The van der Waals surface area contributed by atoms with Crippen molar-refractivity contribution in [3.05, 3.63) is 70.5 Å². The number of methoxy groups -OCH3 is 1. The van der Waals surface area contributed by atoms with Crippen LogP contribution >= 0.6 is 11.3 Å². The molecule has 3 heterocycles. The third kappa shape index (κ3) is 4.25. The summed E-state index contributed by atoms with van der Waals surface area (Å²) in [4.78, 5) is 14.4. The van der Waals surface area contributed by atoms with Crippen molar-refractivity contribution >= 4 is 43.1 Å². The van der Waals surface area contributed by atoms with Crippen LogP contribution in [0.4, 0.5) is 32.8 Å². The van der Waals surface area contributed by atoms with Gasteiger partial charge in [0.15, 0.2) is 5.82 Å². The fourth-order valence-electron chi connectivity index (χ4n) is 5.70. The molecule has 3 aromatic heterocycles. The number of fused-ring (bicyclic) bond motifs is 3. The van der Waals surface area contributed by atoms with Crippen LogP contribution in [0.3, 0.4) is 0 Å². The summed E-state index contributed by atoms with van der Waals surface area (Å²) >= 11 is 0.703. The molecule has 0 spiro atoms. The number of anilines is 2. The summed E-state index contributed by atoms with van der Waals surface area (Å²) in [6.45, 7) is 0. The van der Waals surface area contributed by atoms with Crippen LogP contribution in [0.1, 0.15) is 41.1 Å². The van der Waals surface area contributed by atoms with Crippen molar-refractivity contribution in [2.45, 2.75) is 31.5 Å². The molecule has 1 aliphatic carbocycles. The topological polar surface area (TPSA) is 101 Å². The molecule has 1 unspecified atom stereocenters. The molecule has 1 aliphatic rings. The number of ether oxygens (including phenoxy) is 1. The number of aromatic nitrogens is 3. The smallest absolute Gasteiger partial charge is 0.417 e. The van der Waals surface area contributed by atoms with Crippen LogP contribution < -0.4 is 15.4 Å². The first-order valence-electron chi connectivity index (χ1n) is 12.8. The van der Waals surface area contributed by atoms with Crippen molar-refractivity contribution in [1.82, 2.24) is 15.0 Å². The van der Waals surface area contributed by atoms with Gasteiger partial charge >= 0.3 is 12.2 Å². The van der Waals surface area contributed by atoms with Crippen LogP contribution in [0.25, 0.3) is 32.1 Å². The fourth-order valence-corrected chi connectivity index (χ4v) is 6.65. The number of nitrogens with zero attached hydrogens (tertiary/aromatic N) is 5. The lowest BCUT2D eigenvalue weighted by atomic mass is 9.88. The van der Waals surface area contributed by atoms with E-state index in [0.29, 0.717) is 17.8 Å². The number of nitrogens with two attached hydrogens (primary N) is 1. The second kappa shape index (κ2) is 10.1. The highest BCUT2D eigenvalue weighted by molar-refractivity contribution is 7.23. The molecule has 0 aliphatic heterocycles. The number of hydrogen-bond donors (Lipinski definition) is 1. The Bertz CT molecular complexity index is 1930. The first kappa shape index (κ1) is 27.6. The second-order valence-corrected chi connectivity index (χ2v) is 10.9. The Kier molecular flexibility index (Phi) is 6.61. The van der Waals surface area contributed by atoms with Gasteiger partial charge in [-0.3, -0.25) is 4.98 Å². The lowest BCUT2D eigenvalue weighted by Crippen LogP contribution is -2.29. The largest absolute Gasteiger partial charge is 0.467 e. The molecule has 0 amide bonds. The molecule has 13 heteroatoms. The normalized spacial score (nSPS) is 15.0. The van der Waals surface area contributed by atoms with Crippen LogP contribution in [0.15, 0.2) is 36.7 Å². The maximum absolute atomic E-state index is 16.6. The van der Waals surface area contributed by atoms with E-state index in [1.54, 1.807) is 24.3 Å². The number of nitriles is 1. The summed E-state index contributed by atoms with van der Waals surface area (Å²) in [5.41, 5.74) is 4.66. The number of hydrogen-bond acceptors (Lipinski definition) is 8. The number of halogens is 5. The Morgan fingerprint density at radius 3 is 2.69 bits per heavy atom. The summed E-state index contributed by atoms with van der Waals surface area (Å²) in [5, 5.41) is 9.21. The standard InChI is InChI=1S/C29H21F5N6OS/c1-40(20-5-3-4-13-8-9-37-12-17(13)20)27-15-10-18(29(32,33)34)22(23(31)24(15)38-28(39-27)41-2)14-6-7-19(30)25-21(14)16(11-35)26(36)42-25/h6-10,12,20H,3-5,36H2,1-2H3. The van der Waals surface area contributed by atoms with Gasteiger partial charge in [-0.2, -0.15) is 28.4 Å². The molecule has 0 bridgehead atoms. The van der Waals surface area contributed by atoms with Gasteiger partial charge in [0.25, 0.3) is 0 Å². The van der Waals surface area contributed by atoms with Crippen molar-refractivity contribution in [3.8, 4) is 23.2 Å². The van der Waals surface area contributed by atoms with Crippen molar-refractivity contribution in [2.24, 2.45) is 0 Å². The molecule has 2 N–H and O–H groups in total. The number of nitrogen functional groups attached to an aromatic ring is 1. The first-order chi connectivity index (χ1) is 20.0. The Morgan fingerprint density at radius 2 is 1.98 bits per heavy atom. The maximum Gasteiger partial charge on any atom is 0.417 e. The van der Waals surface area contributed by atoms with E-state index in [1.165, 1.54) is 7.11 Å². The van der Waals surface area contributed by atoms with Gasteiger partial charge in [-0.25, -0.2) is 8.78 Å². The second-order valence-electron chi connectivity index (χ2n) is 9.89. The summed E-state index contributed by atoms with van der Waals surface area (Å²) in [7, 11) is 2.94. The van der Waals surface area contributed by atoms with E-state index < -0.39 is 34.5 Å². The zero-order valence-corrected chi connectivity index (χ0v) is 23.0. The van der Waals surface area contributed by atoms with Crippen molar-refractivity contribution < 1.29 is 26.7 Å². The highest BCUT2D eigenvalue weighted by atomic mass is 32.1. The molecule has 0 saturated carbocycles. The Labute approximate surface area is 240 Å². The molecule has 0 fully saturated rings.